The average molecular weight is 326 g/mol. The molecule has 1 atom stereocenters. The van der Waals surface area contributed by atoms with Crippen molar-refractivity contribution in [3.05, 3.63) is 50.0 Å². The number of hydrogen-bond acceptors (Lipinski definition) is 3. The summed E-state index contributed by atoms with van der Waals surface area (Å²) >= 11 is 0. The Hall–Kier alpha value is -2.60. The molecule has 0 fully saturated rings. The minimum Gasteiger partial charge on any atom is -0.487 e. The highest BCUT2D eigenvalue weighted by Gasteiger charge is 2.27. The maximum Gasteiger partial charge on any atom is 0.251 e. The van der Waals surface area contributed by atoms with E-state index in [-0.39, 0.29) is 17.2 Å². The smallest absolute Gasteiger partial charge is 0.251 e. The van der Waals surface area contributed by atoms with E-state index in [1.165, 1.54) is 0 Å². The molecule has 24 heavy (non-hydrogen) atoms. The minimum absolute atomic E-state index is 0.0461. The fourth-order valence-electron chi connectivity index (χ4n) is 3.69. The summed E-state index contributed by atoms with van der Waals surface area (Å²) in [5, 5.41) is 1.96. The van der Waals surface area contributed by atoms with Crippen molar-refractivity contribution in [1.29, 1.82) is 0 Å². The third kappa shape index (κ3) is 1.80. The number of fused-ring (bicyclic) bond motifs is 2. The fourth-order valence-corrected chi connectivity index (χ4v) is 3.69. The molecule has 0 spiro atoms. The van der Waals surface area contributed by atoms with Gasteiger partial charge in [-0.15, -0.1) is 0 Å². The summed E-state index contributed by atoms with van der Waals surface area (Å²) in [5.74, 6) is 0.622. The Kier molecular flexibility index (Phi) is 3.08. The first-order chi connectivity index (χ1) is 11.4. The largest absolute Gasteiger partial charge is 0.487 e. The van der Waals surface area contributed by atoms with Crippen LogP contribution in [0.3, 0.4) is 0 Å². The van der Waals surface area contributed by atoms with Crippen LogP contribution in [0.2, 0.25) is 0 Å². The maximum atomic E-state index is 12.6. The second-order valence-electron chi connectivity index (χ2n) is 6.51. The summed E-state index contributed by atoms with van der Waals surface area (Å²) < 4.78 is 9.43. The monoisotopic (exact) mass is 326 g/mol. The van der Waals surface area contributed by atoms with E-state index in [1.54, 1.807) is 28.3 Å². The molecule has 3 N–H and O–H groups in total. The Morgan fingerprint density at radius 1 is 1.08 bits per heavy atom. The van der Waals surface area contributed by atoms with Gasteiger partial charge in [-0.2, -0.15) is 0 Å². The van der Waals surface area contributed by atoms with Gasteiger partial charge >= 0.3 is 0 Å². The zero-order chi connectivity index (χ0) is 17.2. The molecule has 2 aromatic heterocycles. The number of rotatable bonds is 1. The Morgan fingerprint density at radius 3 is 2.38 bits per heavy atom. The van der Waals surface area contributed by atoms with Gasteiger partial charge in [0.05, 0.1) is 17.6 Å². The summed E-state index contributed by atoms with van der Waals surface area (Å²) in [6.07, 6.45) is 0. The lowest BCUT2D eigenvalue weighted by Gasteiger charge is -2.28. The molecule has 6 nitrogen and oxygen atoms in total. The summed E-state index contributed by atoms with van der Waals surface area (Å²) in [6.45, 7) is 4.81. The van der Waals surface area contributed by atoms with Crippen molar-refractivity contribution in [2.75, 3.05) is 13.2 Å². The number of aromatic nitrogens is 2. The van der Waals surface area contributed by atoms with Crippen molar-refractivity contribution in [3.8, 4) is 5.75 Å². The zero-order valence-electron chi connectivity index (χ0n) is 14.0. The van der Waals surface area contributed by atoms with Crippen molar-refractivity contribution in [2.45, 2.75) is 19.9 Å². The van der Waals surface area contributed by atoms with E-state index >= 15 is 0 Å². The molecule has 1 unspecified atom stereocenters. The average Bonchev–Trinajstić information content (AvgIpc) is 2.56. The zero-order valence-corrected chi connectivity index (χ0v) is 14.0. The van der Waals surface area contributed by atoms with E-state index in [9.17, 15) is 9.59 Å². The van der Waals surface area contributed by atoms with E-state index in [0.717, 1.165) is 32.9 Å². The molecule has 1 aliphatic rings. The Balaban J connectivity index is 2.35. The van der Waals surface area contributed by atoms with Crippen LogP contribution < -0.4 is 21.6 Å². The predicted molar refractivity (Wildman–Crippen MR) is 92.7 cm³/mol. The first-order valence-electron chi connectivity index (χ1n) is 8.05. The molecule has 0 amide bonds. The van der Waals surface area contributed by atoms with Crippen LogP contribution >= 0.6 is 0 Å². The number of ether oxygens (including phenoxy) is 1. The third-order valence-electron chi connectivity index (χ3n) is 5.02. The van der Waals surface area contributed by atoms with Gasteiger partial charge in [0, 0.05) is 30.0 Å². The number of benzene rings is 1. The Labute approximate surface area is 138 Å². The molecule has 0 radical (unpaired) electrons. The van der Waals surface area contributed by atoms with Gasteiger partial charge in [-0.25, -0.2) is 0 Å². The second-order valence-corrected chi connectivity index (χ2v) is 6.51. The SMILES string of the molecule is Cc1cc(=O)n(C)c2c3c4c(cc12)c(C)cc(=O)n4C(C[NH3+])CO3. The molecule has 3 aromatic rings. The van der Waals surface area contributed by atoms with Gasteiger partial charge in [0.1, 0.15) is 12.6 Å². The van der Waals surface area contributed by atoms with Gasteiger partial charge in [-0.05, 0) is 31.0 Å². The number of quaternary nitrogens is 1. The van der Waals surface area contributed by atoms with Crippen LogP contribution in [0.1, 0.15) is 17.2 Å². The van der Waals surface area contributed by atoms with E-state index in [2.05, 4.69) is 11.8 Å². The molecule has 0 saturated heterocycles. The Morgan fingerprint density at radius 2 is 1.71 bits per heavy atom. The molecule has 124 valence electrons. The number of nitrogens with zero attached hydrogens (tertiary/aromatic N) is 2. The summed E-state index contributed by atoms with van der Waals surface area (Å²) in [7, 11) is 1.74. The van der Waals surface area contributed by atoms with E-state index in [0.29, 0.717) is 18.9 Å². The fraction of sp³-hybridized carbons (Fsp3) is 0.333. The summed E-state index contributed by atoms with van der Waals surface area (Å²) in [6, 6.07) is 5.27. The van der Waals surface area contributed by atoms with E-state index in [1.807, 2.05) is 13.8 Å². The number of pyridine rings is 2. The third-order valence-corrected chi connectivity index (χ3v) is 5.02. The lowest BCUT2D eigenvalue weighted by atomic mass is 10.0. The Bertz CT molecular complexity index is 1120. The van der Waals surface area contributed by atoms with Gasteiger partial charge < -0.3 is 15.0 Å². The predicted octanol–water partition coefficient (Wildman–Crippen LogP) is 0.646. The van der Waals surface area contributed by atoms with Crippen LogP contribution in [0.4, 0.5) is 0 Å². The molecule has 1 aliphatic heterocycles. The van der Waals surface area contributed by atoms with Crippen molar-refractivity contribution < 1.29 is 10.5 Å². The van der Waals surface area contributed by atoms with Gasteiger partial charge in [0.15, 0.2) is 5.75 Å². The van der Waals surface area contributed by atoms with Gasteiger partial charge in [0.2, 0.25) is 0 Å². The first kappa shape index (κ1) is 15.0. The van der Waals surface area contributed by atoms with E-state index in [4.69, 9.17) is 4.74 Å². The molecule has 4 rings (SSSR count). The quantitative estimate of drug-likeness (QED) is 0.667. The van der Waals surface area contributed by atoms with Crippen molar-refractivity contribution in [2.24, 2.45) is 7.05 Å². The minimum atomic E-state index is -0.0904. The highest BCUT2D eigenvalue weighted by molar-refractivity contribution is 6.04. The van der Waals surface area contributed by atoms with Crippen molar-refractivity contribution in [1.82, 2.24) is 9.13 Å². The summed E-state index contributed by atoms with van der Waals surface area (Å²) in [5.41, 5.74) is 7.15. The van der Waals surface area contributed by atoms with Gasteiger partial charge in [-0.3, -0.25) is 14.2 Å². The van der Waals surface area contributed by atoms with Gasteiger partial charge in [0.25, 0.3) is 11.1 Å². The molecular formula is C18H20N3O3+. The maximum absolute atomic E-state index is 12.6. The normalized spacial score (nSPS) is 16.6. The molecule has 6 heteroatoms. The van der Waals surface area contributed by atoms with Crippen LogP contribution in [-0.4, -0.2) is 22.3 Å². The summed E-state index contributed by atoms with van der Waals surface area (Å²) in [4.78, 5) is 24.9. The van der Waals surface area contributed by atoms with Crippen LogP contribution in [0.25, 0.3) is 21.8 Å². The standard InChI is InChI=1S/C18H19N3O3/c1-9-4-14(22)20(3)16-12(9)6-13-10(2)5-15(23)21-11(7-19)8-24-18(16)17(13)21/h4-6,11H,7-8,19H2,1-3H3/p+1. The number of hydrogen-bond donors (Lipinski definition) is 1. The lowest BCUT2D eigenvalue weighted by molar-refractivity contribution is -0.377. The molecule has 1 aromatic carbocycles. The highest BCUT2D eigenvalue weighted by atomic mass is 16.5. The molecule has 0 aliphatic carbocycles. The van der Waals surface area contributed by atoms with Crippen LogP contribution in [-0.2, 0) is 7.05 Å². The van der Waals surface area contributed by atoms with Crippen molar-refractivity contribution >= 4 is 21.8 Å². The van der Waals surface area contributed by atoms with Crippen LogP contribution in [0.5, 0.6) is 5.75 Å². The van der Waals surface area contributed by atoms with E-state index < -0.39 is 0 Å². The van der Waals surface area contributed by atoms with Crippen molar-refractivity contribution in [3.63, 3.8) is 0 Å². The topological polar surface area (TPSA) is 80.9 Å². The highest BCUT2D eigenvalue weighted by Crippen LogP contribution is 2.39. The van der Waals surface area contributed by atoms with Crippen LogP contribution in [0.15, 0.2) is 27.8 Å². The second kappa shape index (κ2) is 4.95. The molecule has 0 bridgehead atoms. The first-order valence-corrected chi connectivity index (χ1v) is 8.05. The molecule has 3 heterocycles. The van der Waals surface area contributed by atoms with Crippen LogP contribution in [0, 0.1) is 13.8 Å². The molecule has 0 saturated carbocycles. The lowest BCUT2D eigenvalue weighted by Crippen LogP contribution is -2.56. The molecular weight excluding hydrogens is 306 g/mol. The number of aryl methyl sites for hydroxylation is 3. The van der Waals surface area contributed by atoms with Gasteiger partial charge in [-0.1, -0.05) is 0 Å².